The molecule has 0 unspecified atom stereocenters. The highest BCUT2D eigenvalue weighted by molar-refractivity contribution is 7.11. The van der Waals surface area contributed by atoms with Crippen molar-refractivity contribution in [3.05, 3.63) is 40.1 Å². The summed E-state index contributed by atoms with van der Waals surface area (Å²) in [6.07, 6.45) is 5.11. The first-order valence-corrected chi connectivity index (χ1v) is 14.9. The number of thiophene rings is 1. The number of anilines is 3. The molecule has 1 aromatic heterocycles. The predicted molar refractivity (Wildman–Crippen MR) is 155 cm³/mol. The number of carbonyl (C=O) groups is 3. The third-order valence-electron chi connectivity index (χ3n) is 8.29. The van der Waals surface area contributed by atoms with Crippen LogP contribution in [0.5, 0.6) is 0 Å². The van der Waals surface area contributed by atoms with Crippen molar-refractivity contribution in [2.24, 2.45) is 11.3 Å². The van der Waals surface area contributed by atoms with Crippen molar-refractivity contribution >= 4 is 46.1 Å². The summed E-state index contributed by atoms with van der Waals surface area (Å²) in [5, 5.41) is 4.81. The van der Waals surface area contributed by atoms with Crippen LogP contribution in [0.2, 0.25) is 0 Å². The highest BCUT2D eigenvalue weighted by atomic mass is 32.1. The van der Waals surface area contributed by atoms with E-state index in [9.17, 15) is 14.4 Å². The maximum Gasteiger partial charge on any atom is 0.258 e. The van der Waals surface area contributed by atoms with E-state index in [0.717, 1.165) is 68.8 Å². The van der Waals surface area contributed by atoms with E-state index >= 15 is 0 Å². The van der Waals surface area contributed by atoms with E-state index < -0.39 is 0 Å². The minimum absolute atomic E-state index is 0.00853. The van der Waals surface area contributed by atoms with E-state index in [1.54, 1.807) is 4.90 Å². The third-order valence-corrected chi connectivity index (χ3v) is 9.19. The number of amides is 3. The Bertz CT molecular complexity index is 1170. The van der Waals surface area contributed by atoms with Crippen LogP contribution in [0.25, 0.3) is 0 Å². The molecule has 8 heteroatoms. The quantitative estimate of drug-likeness (QED) is 0.421. The Labute approximate surface area is 231 Å². The molecular formula is C30H42N4O3S. The second-order valence-electron chi connectivity index (χ2n) is 11.2. The lowest BCUT2D eigenvalue weighted by molar-refractivity contribution is -0.140. The van der Waals surface area contributed by atoms with Crippen molar-refractivity contribution in [3.63, 3.8) is 0 Å². The number of nitrogens with zero attached hydrogens (tertiary/aromatic N) is 3. The monoisotopic (exact) mass is 538 g/mol. The molecule has 2 aliphatic rings. The molecule has 0 aliphatic carbocycles. The number of hydrogen-bond acceptors (Lipinski definition) is 5. The van der Waals surface area contributed by atoms with Crippen LogP contribution in [0.4, 0.5) is 17.1 Å². The molecule has 4 rings (SSSR count). The topological polar surface area (TPSA) is 73.0 Å². The van der Waals surface area contributed by atoms with E-state index in [-0.39, 0.29) is 23.1 Å². The molecule has 1 fully saturated rings. The van der Waals surface area contributed by atoms with Crippen LogP contribution >= 0.6 is 11.3 Å². The van der Waals surface area contributed by atoms with Crippen molar-refractivity contribution in [1.82, 2.24) is 9.80 Å². The largest absolute Gasteiger partial charge is 0.343 e. The van der Waals surface area contributed by atoms with Gasteiger partial charge in [-0.25, -0.2) is 0 Å². The summed E-state index contributed by atoms with van der Waals surface area (Å²) in [7, 11) is 0. The number of fused-ring (bicyclic) bond motifs is 2. The molecule has 2 aliphatic heterocycles. The molecular weight excluding hydrogens is 496 g/mol. The first kappa shape index (κ1) is 28.3. The molecule has 0 atom stereocenters. The predicted octanol–water partition coefficient (Wildman–Crippen LogP) is 6.06. The smallest absolute Gasteiger partial charge is 0.258 e. The fourth-order valence-corrected chi connectivity index (χ4v) is 6.31. The van der Waals surface area contributed by atoms with E-state index in [1.807, 2.05) is 55.3 Å². The summed E-state index contributed by atoms with van der Waals surface area (Å²) < 4.78 is 0. The van der Waals surface area contributed by atoms with Crippen molar-refractivity contribution in [1.29, 1.82) is 0 Å². The van der Waals surface area contributed by atoms with Crippen LogP contribution in [0.3, 0.4) is 0 Å². The standard InChI is InChI=1S/C30H42N4O3S/c1-6-30(4,5)29(37)33(7-2)16-10-11-22-14-17-32(18-15-22)19-26(35)34-25-13-9-8-12-24(25)31-28(36)23-20-38-21(3)27(23)34/h8-9,12-13,20,22H,6-7,10-11,14-19H2,1-5H3,(H,31,36). The molecule has 1 saturated heterocycles. The zero-order valence-corrected chi connectivity index (χ0v) is 24.3. The molecule has 0 spiro atoms. The highest BCUT2D eigenvalue weighted by Crippen LogP contribution is 2.42. The molecule has 0 radical (unpaired) electrons. The van der Waals surface area contributed by atoms with Crippen LogP contribution in [0.15, 0.2) is 29.6 Å². The number of carbonyl (C=O) groups excluding carboxylic acids is 3. The Kier molecular flexibility index (Phi) is 8.93. The van der Waals surface area contributed by atoms with Crippen molar-refractivity contribution in [2.45, 2.75) is 66.7 Å². The molecule has 7 nitrogen and oxygen atoms in total. The second-order valence-corrected chi connectivity index (χ2v) is 12.3. The molecule has 1 N–H and O–H groups in total. The molecule has 0 saturated carbocycles. The summed E-state index contributed by atoms with van der Waals surface area (Å²) in [6, 6.07) is 7.52. The van der Waals surface area contributed by atoms with Crippen LogP contribution in [-0.2, 0) is 9.59 Å². The number of aryl methyl sites for hydroxylation is 1. The van der Waals surface area contributed by atoms with Gasteiger partial charge in [-0.15, -0.1) is 11.3 Å². The first-order valence-electron chi connectivity index (χ1n) is 14.0. The van der Waals surface area contributed by atoms with Gasteiger partial charge in [0.1, 0.15) is 0 Å². The summed E-state index contributed by atoms with van der Waals surface area (Å²) in [5.74, 6) is 0.702. The fourth-order valence-electron chi connectivity index (χ4n) is 5.48. The average Bonchev–Trinajstić information content (AvgIpc) is 3.23. The molecule has 3 amide bonds. The van der Waals surface area contributed by atoms with E-state index in [2.05, 4.69) is 24.1 Å². The van der Waals surface area contributed by atoms with Gasteiger partial charge in [0.25, 0.3) is 5.91 Å². The number of likely N-dealkylation sites (tertiary alicyclic amines) is 1. The van der Waals surface area contributed by atoms with Gasteiger partial charge in [-0.3, -0.25) is 24.2 Å². The number of nitrogens with one attached hydrogen (secondary N) is 1. The Morgan fingerprint density at radius 1 is 1.16 bits per heavy atom. The van der Waals surface area contributed by atoms with Gasteiger partial charge in [-0.05, 0) is 77.1 Å². The number of benzene rings is 1. The van der Waals surface area contributed by atoms with Crippen LogP contribution in [0, 0.1) is 18.3 Å². The molecule has 2 aromatic rings. The lowest BCUT2D eigenvalue weighted by Crippen LogP contribution is -2.42. The van der Waals surface area contributed by atoms with Crippen molar-refractivity contribution < 1.29 is 14.4 Å². The van der Waals surface area contributed by atoms with Gasteiger partial charge in [0.15, 0.2) is 0 Å². The normalized spacial score (nSPS) is 16.4. The maximum atomic E-state index is 13.7. The minimum Gasteiger partial charge on any atom is -0.343 e. The first-order chi connectivity index (χ1) is 18.2. The van der Waals surface area contributed by atoms with Gasteiger partial charge in [-0.1, -0.05) is 32.9 Å². The number of hydrogen-bond donors (Lipinski definition) is 1. The Morgan fingerprint density at radius 2 is 1.87 bits per heavy atom. The summed E-state index contributed by atoms with van der Waals surface area (Å²) in [6.45, 7) is 13.9. The van der Waals surface area contributed by atoms with Gasteiger partial charge >= 0.3 is 0 Å². The van der Waals surface area contributed by atoms with Crippen LogP contribution in [0.1, 0.15) is 75.0 Å². The molecule has 38 heavy (non-hydrogen) atoms. The van der Waals surface area contributed by atoms with Gasteiger partial charge in [-0.2, -0.15) is 0 Å². The van der Waals surface area contributed by atoms with Gasteiger partial charge in [0.2, 0.25) is 11.8 Å². The average molecular weight is 539 g/mol. The minimum atomic E-state index is -0.298. The highest BCUT2D eigenvalue weighted by Gasteiger charge is 2.33. The van der Waals surface area contributed by atoms with E-state index in [4.69, 9.17) is 0 Å². The lowest BCUT2D eigenvalue weighted by atomic mass is 9.88. The number of piperidine rings is 1. The van der Waals surface area contributed by atoms with Crippen LogP contribution in [-0.4, -0.2) is 60.2 Å². The molecule has 3 heterocycles. The van der Waals surface area contributed by atoms with E-state index in [1.165, 1.54) is 11.3 Å². The zero-order chi connectivity index (χ0) is 27.4. The number of rotatable bonds is 9. The second kappa shape index (κ2) is 12.0. The molecule has 206 valence electrons. The van der Waals surface area contributed by atoms with Crippen molar-refractivity contribution in [2.75, 3.05) is 42.9 Å². The van der Waals surface area contributed by atoms with Crippen molar-refractivity contribution in [3.8, 4) is 0 Å². The van der Waals surface area contributed by atoms with Gasteiger partial charge < -0.3 is 10.2 Å². The maximum absolute atomic E-state index is 13.7. The van der Waals surface area contributed by atoms with Gasteiger partial charge in [0, 0.05) is 28.8 Å². The summed E-state index contributed by atoms with van der Waals surface area (Å²) in [5.41, 5.74) is 2.35. The molecule has 0 bridgehead atoms. The van der Waals surface area contributed by atoms with E-state index in [0.29, 0.717) is 29.4 Å². The summed E-state index contributed by atoms with van der Waals surface area (Å²) >= 11 is 1.50. The third kappa shape index (κ3) is 5.96. The van der Waals surface area contributed by atoms with Crippen LogP contribution < -0.4 is 10.2 Å². The number of para-hydroxylation sites is 2. The lowest BCUT2D eigenvalue weighted by Gasteiger charge is -2.34. The fraction of sp³-hybridized carbons (Fsp3) is 0.567. The Morgan fingerprint density at radius 3 is 2.55 bits per heavy atom. The zero-order valence-electron chi connectivity index (χ0n) is 23.5. The Balaban J connectivity index is 1.34. The molecule has 1 aromatic carbocycles. The Hall–Kier alpha value is -2.71. The SMILES string of the molecule is CCN(CCCC1CCN(CC(=O)N2c3ccccc3NC(=O)c3csc(C)c32)CC1)C(=O)C(C)(C)CC. The van der Waals surface area contributed by atoms with Gasteiger partial charge in [0.05, 0.1) is 29.2 Å². The summed E-state index contributed by atoms with van der Waals surface area (Å²) in [4.78, 5) is 46.4.